The van der Waals surface area contributed by atoms with E-state index < -0.39 is 49.1 Å². The lowest BCUT2D eigenvalue weighted by molar-refractivity contribution is -0.252. The molecule has 0 spiro atoms. The van der Waals surface area contributed by atoms with E-state index in [4.69, 9.17) is 9.84 Å². The maximum absolute atomic E-state index is 12.3. The zero-order valence-electron chi connectivity index (χ0n) is 12.8. The second-order valence-corrected chi connectivity index (χ2v) is 5.30. The molecule has 0 bridgehead atoms. The first kappa shape index (κ1) is 18.3. The minimum atomic E-state index is -1.62. The van der Waals surface area contributed by atoms with Crippen LogP contribution in [-0.2, 0) is 9.47 Å². The summed E-state index contributed by atoms with van der Waals surface area (Å²) in [6.07, 6.45) is -5.80. The second kappa shape index (κ2) is 7.69. The molecule has 24 heavy (non-hydrogen) atoms. The summed E-state index contributed by atoms with van der Waals surface area (Å²) in [5.41, 5.74) is 0.252. The van der Waals surface area contributed by atoms with Gasteiger partial charge in [0.2, 0.25) is 0 Å². The van der Waals surface area contributed by atoms with Crippen molar-refractivity contribution < 1.29 is 39.5 Å². The maximum Gasteiger partial charge on any atom is 0.337 e. The number of amides is 1. The van der Waals surface area contributed by atoms with Crippen molar-refractivity contribution in [3.05, 3.63) is 35.4 Å². The Hall–Kier alpha value is -2.04. The first-order valence-electron chi connectivity index (χ1n) is 7.18. The molecule has 1 aromatic carbocycles. The summed E-state index contributed by atoms with van der Waals surface area (Å²) >= 11 is 0. The quantitative estimate of drug-likeness (QED) is 0.395. The van der Waals surface area contributed by atoms with E-state index in [1.165, 1.54) is 31.4 Å². The van der Waals surface area contributed by atoms with Gasteiger partial charge in [-0.1, -0.05) is 6.07 Å². The van der Waals surface area contributed by atoms with E-state index in [0.717, 1.165) is 0 Å². The van der Waals surface area contributed by atoms with Crippen LogP contribution in [0.25, 0.3) is 0 Å². The summed E-state index contributed by atoms with van der Waals surface area (Å²) in [5.74, 6) is -1.31. The molecule has 0 radical (unpaired) electrons. The van der Waals surface area contributed by atoms with E-state index in [1.807, 2.05) is 0 Å². The van der Waals surface area contributed by atoms with E-state index in [9.17, 15) is 24.9 Å². The van der Waals surface area contributed by atoms with Crippen LogP contribution in [0.1, 0.15) is 20.7 Å². The van der Waals surface area contributed by atoms with E-state index in [1.54, 1.807) is 0 Å². The van der Waals surface area contributed by atoms with Crippen molar-refractivity contribution in [2.45, 2.75) is 30.6 Å². The maximum atomic E-state index is 12.3. The highest BCUT2D eigenvalue weighted by atomic mass is 16.6. The van der Waals surface area contributed by atoms with Gasteiger partial charge in [-0.05, 0) is 18.2 Å². The number of aliphatic hydroxyl groups excluding tert-OH is 4. The fraction of sp³-hybridized carbons (Fsp3) is 0.467. The first-order chi connectivity index (χ1) is 11.4. The molecule has 1 saturated heterocycles. The van der Waals surface area contributed by atoms with Crippen LogP contribution in [0.5, 0.6) is 0 Å². The molecule has 0 saturated carbocycles. The molecule has 132 valence electrons. The standard InChI is InChI=1S/C15H19NO8/c1-23-14(21)8-4-2-3-7(5-8)13(20)16-10-12(19)11(18)9(6-17)24-15(10)22/h2-5,9-12,15,17-19,22H,6H2,1H3,(H,16,20)/t9-,10?,11?,12-,15?/m1/s1. The van der Waals surface area contributed by atoms with Crippen LogP contribution in [0.4, 0.5) is 0 Å². The van der Waals surface area contributed by atoms with Crippen LogP contribution < -0.4 is 5.32 Å². The van der Waals surface area contributed by atoms with Crippen LogP contribution in [0, 0.1) is 0 Å². The number of aliphatic hydroxyl groups is 4. The molecule has 9 heteroatoms. The summed E-state index contributed by atoms with van der Waals surface area (Å²) < 4.78 is 9.52. The lowest BCUT2D eigenvalue weighted by Gasteiger charge is -2.40. The predicted octanol–water partition coefficient (Wildman–Crippen LogP) is -2.00. The number of ether oxygens (including phenoxy) is 2. The Morgan fingerprint density at radius 2 is 1.88 bits per heavy atom. The van der Waals surface area contributed by atoms with Crippen molar-refractivity contribution in [2.24, 2.45) is 0 Å². The molecule has 3 unspecified atom stereocenters. The summed E-state index contributed by atoms with van der Waals surface area (Å²) in [6.45, 7) is -0.600. The van der Waals surface area contributed by atoms with Crippen LogP contribution in [0.2, 0.25) is 0 Å². The van der Waals surface area contributed by atoms with Crippen molar-refractivity contribution in [1.29, 1.82) is 0 Å². The molecule has 1 heterocycles. The number of carbonyl (C=O) groups is 2. The van der Waals surface area contributed by atoms with Crippen LogP contribution >= 0.6 is 0 Å². The minimum absolute atomic E-state index is 0.0936. The number of carbonyl (C=O) groups excluding carboxylic acids is 2. The second-order valence-electron chi connectivity index (χ2n) is 5.30. The molecule has 1 fully saturated rings. The Morgan fingerprint density at radius 1 is 1.21 bits per heavy atom. The first-order valence-corrected chi connectivity index (χ1v) is 7.18. The summed E-state index contributed by atoms with van der Waals surface area (Å²) in [4.78, 5) is 23.7. The van der Waals surface area contributed by atoms with Crippen molar-refractivity contribution >= 4 is 11.9 Å². The number of benzene rings is 1. The normalized spacial score (nSPS) is 29.8. The lowest BCUT2D eigenvalue weighted by Crippen LogP contribution is -2.64. The van der Waals surface area contributed by atoms with Gasteiger partial charge in [0.05, 0.1) is 19.3 Å². The van der Waals surface area contributed by atoms with Gasteiger partial charge in [0.15, 0.2) is 6.29 Å². The molecular weight excluding hydrogens is 322 g/mol. The average Bonchev–Trinajstić information content (AvgIpc) is 2.60. The van der Waals surface area contributed by atoms with Gasteiger partial charge < -0.3 is 35.2 Å². The average molecular weight is 341 g/mol. The molecule has 1 aromatic rings. The van der Waals surface area contributed by atoms with Gasteiger partial charge in [0.1, 0.15) is 24.4 Å². The Balaban J connectivity index is 2.13. The van der Waals surface area contributed by atoms with Gasteiger partial charge in [0, 0.05) is 5.56 Å². The predicted molar refractivity (Wildman–Crippen MR) is 79.0 cm³/mol. The molecule has 1 amide bonds. The molecule has 1 aliphatic rings. The fourth-order valence-electron chi connectivity index (χ4n) is 2.39. The summed E-state index contributed by atoms with van der Waals surface area (Å²) in [7, 11) is 1.21. The SMILES string of the molecule is COC(=O)c1cccc(C(=O)NC2C(O)O[C@H](CO)C(O)[C@@H]2O)c1. The fourth-order valence-corrected chi connectivity index (χ4v) is 2.39. The van der Waals surface area contributed by atoms with Gasteiger partial charge >= 0.3 is 5.97 Å². The number of rotatable bonds is 4. The van der Waals surface area contributed by atoms with Crippen LogP contribution in [-0.4, -0.2) is 76.7 Å². The molecule has 5 N–H and O–H groups in total. The minimum Gasteiger partial charge on any atom is -0.465 e. The molecular formula is C15H19NO8. The molecule has 9 nitrogen and oxygen atoms in total. The highest BCUT2D eigenvalue weighted by Crippen LogP contribution is 2.20. The molecule has 0 aliphatic carbocycles. The van der Waals surface area contributed by atoms with Crippen molar-refractivity contribution in [2.75, 3.05) is 13.7 Å². The lowest BCUT2D eigenvalue weighted by atomic mass is 9.96. The molecule has 2 rings (SSSR count). The monoisotopic (exact) mass is 341 g/mol. The summed E-state index contributed by atoms with van der Waals surface area (Å²) in [5, 5.41) is 41.0. The Bertz CT molecular complexity index is 607. The van der Waals surface area contributed by atoms with Gasteiger partial charge in [-0.2, -0.15) is 0 Å². The number of methoxy groups -OCH3 is 1. The number of hydrogen-bond donors (Lipinski definition) is 5. The summed E-state index contributed by atoms with van der Waals surface area (Å²) in [6, 6.07) is 4.35. The smallest absolute Gasteiger partial charge is 0.337 e. The highest BCUT2D eigenvalue weighted by Gasteiger charge is 2.44. The number of esters is 1. The Kier molecular flexibility index (Phi) is 5.86. The Labute approximate surface area is 137 Å². The highest BCUT2D eigenvalue weighted by molar-refractivity contribution is 5.98. The third kappa shape index (κ3) is 3.71. The Morgan fingerprint density at radius 3 is 2.50 bits per heavy atom. The zero-order valence-corrected chi connectivity index (χ0v) is 12.8. The molecule has 1 aliphatic heterocycles. The van der Waals surface area contributed by atoms with Crippen LogP contribution in [0.15, 0.2) is 24.3 Å². The van der Waals surface area contributed by atoms with Gasteiger partial charge in [-0.3, -0.25) is 4.79 Å². The molecule has 5 atom stereocenters. The third-order valence-corrected chi connectivity index (χ3v) is 3.74. The zero-order chi connectivity index (χ0) is 17.9. The van der Waals surface area contributed by atoms with Gasteiger partial charge in [0.25, 0.3) is 5.91 Å². The van der Waals surface area contributed by atoms with E-state index in [-0.39, 0.29) is 11.1 Å². The van der Waals surface area contributed by atoms with Crippen LogP contribution in [0.3, 0.4) is 0 Å². The largest absolute Gasteiger partial charge is 0.465 e. The van der Waals surface area contributed by atoms with E-state index in [2.05, 4.69) is 10.1 Å². The number of nitrogens with one attached hydrogen (secondary N) is 1. The van der Waals surface area contributed by atoms with Crippen molar-refractivity contribution in [3.8, 4) is 0 Å². The third-order valence-electron chi connectivity index (χ3n) is 3.74. The number of hydrogen-bond acceptors (Lipinski definition) is 8. The van der Waals surface area contributed by atoms with E-state index >= 15 is 0 Å². The van der Waals surface area contributed by atoms with Crippen molar-refractivity contribution in [1.82, 2.24) is 5.32 Å². The van der Waals surface area contributed by atoms with Crippen molar-refractivity contribution in [3.63, 3.8) is 0 Å². The molecule has 0 aromatic heterocycles. The van der Waals surface area contributed by atoms with E-state index in [0.29, 0.717) is 0 Å². The van der Waals surface area contributed by atoms with Gasteiger partial charge in [-0.25, -0.2) is 4.79 Å². The van der Waals surface area contributed by atoms with Gasteiger partial charge in [-0.15, -0.1) is 0 Å². The topological polar surface area (TPSA) is 146 Å².